The van der Waals surface area contributed by atoms with Crippen LogP contribution in [0, 0.1) is 22.7 Å². The monoisotopic (exact) mass is 453 g/mol. The molecule has 0 atom stereocenters. The summed E-state index contributed by atoms with van der Waals surface area (Å²) in [5.74, 6) is 1.18. The zero-order valence-corrected chi connectivity index (χ0v) is 18.9. The summed E-state index contributed by atoms with van der Waals surface area (Å²) in [6.45, 7) is 0.355. The molecule has 0 aliphatic rings. The maximum atomic E-state index is 12.7. The number of amides is 1. The van der Waals surface area contributed by atoms with Gasteiger partial charge in [-0.3, -0.25) is 4.79 Å². The average molecular weight is 453 g/mol. The minimum Gasteiger partial charge on any atom is -0.497 e. The maximum absolute atomic E-state index is 12.7. The predicted molar refractivity (Wildman–Crippen MR) is 127 cm³/mol. The molecule has 0 heterocycles. The van der Waals surface area contributed by atoms with Crippen molar-refractivity contribution in [1.82, 2.24) is 5.32 Å². The van der Waals surface area contributed by atoms with E-state index in [-0.39, 0.29) is 18.7 Å². The van der Waals surface area contributed by atoms with Crippen LogP contribution in [-0.4, -0.2) is 20.1 Å². The predicted octanol–water partition coefficient (Wildman–Crippen LogP) is 4.38. The van der Waals surface area contributed by atoms with Gasteiger partial charge in [-0.2, -0.15) is 10.5 Å². The lowest BCUT2D eigenvalue weighted by Gasteiger charge is -2.12. The highest BCUT2D eigenvalue weighted by Gasteiger charge is 2.13. The van der Waals surface area contributed by atoms with E-state index in [0.717, 1.165) is 11.1 Å². The van der Waals surface area contributed by atoms with E-state index in [4.69, 9.17) is 14.2 Å². The van der Waals surface area contributed by atoms with Crippen LogP contribution in [0.1, 0.15) is 22.3 Å². The summed E-state index contributed by atoms with van der Waals surface area (Å²) in [4.78, 5) is 12.7. The zero-order valence-electron chi connectivity index (χ0n) is 18.9. The highest BCUT2D eigenvalue weighted by atomic mass is 16.5. The van der Waals surface area contributed by atoms with Crippen LogP contribution in [0.15, 0.2) is 72.3 Å². The third kappa shape index (κ3) is 5.93. The summed E-state index contributed by atoms with van der Waals surface area (Å²) in [6.07, 6.45) is 1.48. The Labute approximate surface area is 198 Å². The Morgan fingerprint density at radius 3 is 2.44 bits per heavy atom. The third-order valence-electron chi connectivity index (χ3n) is 5.04. The maximum Gasteiger partial charge on any atom is 0.262 e. The summed E-state index contributed by atoms with van der Waals surface area (Å²) in [5, 5.41) is 21.6. The van der Waals surface area contributed by atoms with Crippen molar-refractivity contribution in [3.05, 3.63) is 94.6 Å². The number of carbonyl (C=O) groups excluding carboxylic acids is 1. The highest BCUT2D eigenvalue weighted by molar-refractivity contribution is 6.02. The first-order valence-electron chi connectivity index (χ1n) is 10.4. The Morgan fingerprint density at radius 2 is 1.71 bits per heavy atom. The zero-order chi connectivity index (χ0) is 24.3. The first-order valence-corrected chi connectivity index (χ1v) is 10.4. The van der Waals surface area contributed by atoms with E-state index in [0.29, 0.717) is 28.4 Å². The molecule has 0 radical (unpaired) electrons. The molecule has 3 aromatic rings. The van der Waals surface area contributed by atoms with E-state index in [1.807, 2.05) is 18.2 Å². The van der Waals surface area contributed by atoms with Crippen LogP contribution in [-0.2, 0) is 17.9 Å². The number of hydrogen-bond donors (Lipinski definition) is 1. The van der Waals surface area contributed by atoms with Gasteiger partial charge in [-0.25, -0.2) is 0 Å². The minimum atomic E-state index is -0.523. The van der Waals surface area contributed by atoms with E-state index < -0.39 is 5.91 Å². The standard InChI is InChI=1S/C27H23N3O4/c1-32-24-12-11-21(26(14-24)33-2)17-30-27(31)23(16-29)13-19-7-5-6-10-25(19)34-18-22-9-4-3-8-20(22)15-28/h3-14H,17-18H2,1-2H3,(H,30,31)/b23-13+. The number of methoxy groups -OCH3 is 2. The van der Waals surface area contributed by atoms with Crippen LogP contribution in [0.5, 0.6) is 17.2 Å². The number of nitrogens with zero attached hydrogens (tertiary/aromatic N) is 2. The molecule has 1 amide bonds. The van der Waals surface area contributed by atoms with Crippen LogP contribution >= 0.6 is 0 Å². The van der Waals surface area contributed by atoms with Crippen molar-refractivity contribution >= 4 is 12.0 Å². The molecule has 0 spiro atoms. The number of para-hydroxylation sites is 1. The molecule has 7 nitrogen and oxygen atoms in total. The van der Waals surface area contributed by atoms with Crippen molar-refractivity contribution in [3.8, 4) is 29.4 Å². The van der Waals surface area contributed by atoms with E-state index >= 15 is 0 Å². The lowest BCUT2D eigenvalue weighted by Crippen LogP contribution is -2.24. The number of rotatable bonds is 9. The second-order valence-corrected chi connectivity index (χ2v) is 7.13. The van der Waals surface area contributed by atoms with Gasteiger partial charge < -0.3 is 19.5 Å². The molecular formula is C27H23N3O4. The quantitative estimate of drug-likeness (QED) is 0.381. The molecule has 0 aromatic heterocycles. The fraction of sp³-hybridized carbons (Fsp3) is 0.148. The molecule has 0 saturated heterocycles. The van der Waals surface area contributed by atoms with Gasteiger partial charge in [-0.1, -0.05) is 36.4 Å². The van der Waals surface area contributed by atoms with Gasteiger partial charge in [0.15, 0.2) is 0 Å². The van der Waals surface area contributed by atoms with Crippen molar-refractivity contribution in [2.45, 2.75) is 13.2 Å². The molecule has 34 heavy (non-hydrogen) atoms. The fourth-order valence-corrected chi connectivity index (χ4v) is 3.21. The molecule has 0 aliphatic heterocycles. The summed E-state index contributed by atoms with van der Waals surface area (Å²) < 4.78 is 16.4. The number of nitriles is 2. The molecule has 170 valence electrons. The molecule has 3 rings (SSSR count). The van der Waals surface area contributed by atoms with Gasteiger partial charge in [0.05, 0.1) is 25.9 Å². The van der Waals surface area contributed by atoms with Crippen molar-refractivity contribution < 1.29 is 19.0 Å². The first kappa shape index (κ1) is 23.9. The number of ether oxygens (including phenoxy) is 3. The SMILES string of the molecule is COc1ccc(CNC(=O)/C(C#N)=C/c2ccccc2OCc2ccccc2C#N)c(OC)c1. The van der Waals surface area contributed by atoms with Crippen LogP contribution in [0.25, 0.3) is 6.08 Å². The van der Waals surface area contributed by atoms with Crippen LogP contribution in [0.2, 0.25) is 0 Å². The normalized spacial score (nSPS) is 10.5. The first-order chi connectivity index (χ1) is 16.6. The number of hydrogen-bond acceptors (Lipinski definition) is 6. The molecular weight excluding hydrogens is 430 g/mol. The summed E-state index contributed by atoms with van der Waals surface area (Å²) in [7, 11) is 3.09. The van der Waals surface area contributed by atoms with E-state index in [2.05, 4.69) is 11.4 Å². The van der Waals surface area contributed by atoms with Gasteiger partial charge in [0.25, 0.3) is 5.91 Å². The lowest BCUT2D eigenvalue weighted by atomic mass is 10.1. The molecule has 7 heteroatoms. The number of nitrogens with one attached hydrogen (secondary N) is 1. The van der Waals surface area contributed by atoms with Gasteiger partial charge in [0, 0.05) is 29.3 Å². The Bertz CT molecular complexity index is 1290. The molecule has 0 saturated carbocycles. The summed E-state index contributed by atoms with van der Waals surface area (Å²) in [6, 6.07) is 23.6. The molecule has 0 fully saturated rings. The van der Waals surface area contributed by atoms with E-state index in [1.54, 1.807) is 61.7 Å². The van der Waals surface area contributed by atoms with Crippen molar-refractivity contribution in [2.75, 3.05) is 14.2 Å². The van der Waals surface area contributed by atoms with Crippen LogP contribution in [0.3, 0.4) is 0 Å². The van der Waals surface area contributed by atoms with Crippen LogP contribution in [0.4, 0.5) is 0 Å². The summed E-state index contributed by atoms with van der Waals surface area (Å²) >= 11 is 0. The Kier molecular flexibility index (Phi) is 8.26. The van der Waals surface area contributed by atoms with E-state index in [9.17, 15) is 15.3 Å². The smallest absolute Gasteiger partial charge is 0.262 e. The van der Waals surface area contributed by atoms with Gasteiger partial charge >= 0.3 is 0 Å². The van der Waals surface area contributed by atoms with Gasteiger partial charge in [0.1, 0.15) is 35.5 Å². The highest BCUT2D eigenvalue weighted by Crippen LogP contribution is 2.25. The van der Waals surface area contributed by atoms with Gasteiger partial charge in [-0.05, 0) is 30.3 Å². The molecule has 0 aliphatic carbocycles. The second kappa shape index (κ2) is 11.8. The molecule has 0 bridgehead atoms. The van der Waals surface area contributed by atoms with Gasteiger partial charge in [0.2, 0.25) is 0 Å². The topological polar surface area (TPSA) is 104 Å². The van der Waals surface area contributed by atoms with Crippen molar-refractivity contribution in [1.29, 1.82) is 10.5 Å². The van der Waals surface area contributed by atoms with Gasteiger partial charge in [-0.15, -0.1) is 0 Å². The second-order valence-electron chi connectivity index (χ2n) is 7.13. The minimum absolute atomic E-state index is 0.0686. The number of carbonyl (C=O) groups is 1. The van der Waals surface area contributed by atoms with Crippen molar-refractivity contribution in [3.63, 3.8) is 0 Å². The van der Waals surface area contributed by atoms with Crippen molar-refractivity contribution in [2.24, 2.45) is 0 Å². The number of benzene rings is 3. The lowest BCUT2D eigenvalue weighted by molar-refractivity contribution is -0.117. The van der Waals surface area contributed by atoms with E-state index in [1.165, 1.54) is 13.2 Å². The summed E-state index contributed by atoms with van der Waals surface area (Å²) in [5.41, 5.74) is 2.53. The largest absolute Gasteiger partial charge is 0.497 e. The Balaban J connectivity index is 1.75. The Hall–Kier alpha value is -4.75. The fourth-order valence-electron chi connectivity index (χ4n) is 3.21. The van der Waals surface area contributed by atoms with Crippen LogP contribution < -0.4 is 19.5 Å². The molecule has 1 N–H and O–H groups in total. The molecule has 3 aromatic carbocycles. The Morgan fingerprint density at radius 1 is 0.941 bits per heavy atom. The average Bonchev–Trinajstić information content (AvgIpc) is 2.89. The third-order valence-corrected chi connectivity index (χ3v) is 5.04. The molecule has 0 unspecified atom stereocenters.